The lowest BCUT2D eigenvalue weighted by Crippen LogP contribution is -2.32. The number of anilines is 2. The van der Waals surface area contributed by atoms with Crippen molar-refractivity contribution in [1.82, 2.24) is 4.98 Å². The minimum absolute atomic E-state index is 0.141. The molecule has 1 aromatic heterocycles. The first kappa shape index (κ1) is 18.1. The molecule has 1 amide bonds. The highest BCUT2D eigenvalue weighted by Crippen LogP contribution is 2.33. The van der Waals surface area contributed by atoms with E-state index in [4.69, 9.17) is 9.47 Å². The zero-order valence-electron chi connectivity index (χ0n) is 14.8. The lowest BCUT2D eigenvalue weighted by Gasteiger charge is -2.18. The molecular formula is C17H23N3O3S. The van der Waals surface area contributed by atoms with Crippen LogP contribution in [0.5, 0.6) is 11.5 Å². The molecule has 130 valence electrons. The average molecular weight is 349 g/mol. The maximum atomic E-state index is 12.4. The third-order valence-electron chi connectivity index (χ3n) is 3.75. The Kier molecular flexibility index (Phi) is 5.66. The van der Waals surface area contributed by atoms with Gasteiger partial charge in [-0.1, -0.05) is 0 Å². The summed E-state index contributed by atoms with van der Waals surface area (Å²) in [4.78, 5) is 17.8. The number of ether oxygens (including phenoxy) is 2. The number of hydrogen-bond donors (Lipinski definition) is 2. The second kappa shape index (κ2) is 7.53. The van der Waals surface area contributed by atoms with E-state index in [0.717, 1.165) is 21.8 Å². The molecule has 6 nitrogen and oxygen atoms in total. The van der Waals surface area contributed by atoms with Gasteiger partial charge in [-0.15, -0.1) is 11.3 Å². The fourth-order valence-corrected chi connectivity index (χ4v) is 2.99. The third kappa shape index (κ3) is 3.97. The fourth-order valence-electron chi connectivity index (χ4n) is 2.17. The van der Waals surface area contributed by atoms with Gasteiger partial charge >= 0.3 is 0 Å². The van der Waals surface area contributed by atoms with Crippen LogP contribution < -0.4 is 20.1 Å². The van der Waals surface area contributed by atoms with Gasteiger partial charge in [0.15, 0.2) is 16.6 Å². The van der Waals surface area contributed by atoms with Crippen LogP contribution in [0.2, 0.25) is 0 Å². The number of benzene rings is 1. The van der Waals surface area contributed by atoms with Gasteiger partial charge in [-0.2, -0.15) is 0 Å². The van der Waals surface area contributed by atoms with Crippen molar-refractivity contribution in [3.63, 3.8) is 0 Å². The van der Waals surface area contributed by atoms with Gasteiger partial charge in [0.1, 0.15) is 6.04 Å². The van der Waals surface area contributed by atoms with Crippen molar-refractivity contribution < 1.29 is 14.3 Å². The molecule has 0 saturated heterocycles. The Hall–Kier alpha value is -2.28. The monoisotopic (exact) mass is 349 g/mol. The first-order valence-electron chi connectivity index (χ1n) is 7.59. The van der Waals surface area contributed by atoms with E-state index in [0.29, 0.717) is 16.6 Å². The number of aromatic nitrogens is 1. The summed E-state index contributed by atoms with van der Waals surface area (Å²) in [6.45, 7) is 7.66. The molecule has 2 N–H and O–H groups in total. The molecule has 7 heteroatoms. The molecule has 0 radical (unpaired) electrons. The zero-order chi connectivity index (χ0) is 17.9. The maximum Gasteiger partial charge on any atom is 0.248 e. The van der Waals surface area contributed by atoms with Crippen LogP contribution in [0.1, 0.15) is 23.1 Å². The zero-order valence-corrected chi connectivity index (χ0v) is 15.6. The molecule has 0 unspecified atom stereocenters. The Morgan fingerprint density at radius 3 is 2.33 bits per heavy atom. The number of carbonyl (C=O) groups is 1. The number of rotatable bonds is 6. The molecule has 0 saturated carbocycles. The van der Waals surface area contributed by atoms with Crippen molar-refractivity contribution in [2.45, 2.75) is 33.7 Å². The van der Waals surface area contributed by atoms with Crippen LogP contribution in [-0.4, -0.2) is 31.2 Å². The van der Waals surface area contributed by atoms with Crippen LogP contribution in [-0.2, 0) is 4.79 Å². The predicted molar refractivity (Wildman–Crippen MR) is 97.6 cm³/mol. The highest BCUT2D eigenvalue weighted by atomic mass is 32.1. The highest BCUT2D eigenvalue weighted by Gasteiger charge is 2.17. The number of nitrogens with one attached hydrogen (secondary N) is 2. The van der Waals surface area contributed by atoms with Gasteiger partial charge in [0.2, 0.25) is 5.91 Å². The number of aryl methyl sites for hydroxylation is 3. The number of hydrogen-bond acceptors (Lipinski definition) is 6. The molecule has 0 spiro atoms. The van der Waals surface area contributed by atoms with E-state index in [2.05, 4.69) is 15.6 Å². The van der Waals surface area contributed by atoms with Gasteiger partial charge in [0, 0.05) is 16.6 Å². The normalized spacial score (nSPS) is 11.8. The second-order valence-electron chi connectivity index (χ2n) is 5.54. The summed E-state index contributed by atoms with van der Waals surface area (Å²) < 4.78 is 10.6. The smallest absolute Gasteiger partial charge is 0.248 e. The summed E-state index contributed by atoms with van der Waals surface area (Å²) in [7, 11) is 3.18. The van der Waals surface area contributed by atoms with E-state index >= 15 is 0 Å². The Morgan fingerprint density at radius 2 is 1.79 bits per heavy atom. The highest BCUT2D eigenvalue weighted by molar-refractivity contribution is 7.15. The number of methoxy groups -OCH3 is 2. The lowest BCUT2D eigenvalue weighted by atomic mass is 10.1. The Labute approximate surface area is 146 Å². The molecule has 0 fully saturated rings. The number of nitrogens with zero attached hydrogens (tertiary/aromatic N) is 1. The molecule has 2 rings (SSSR count). The van der Waals surface area contributed by atoms with E-state index in [1.165, 1.54) is 11.3 Å². The van der Waals surface area contributed by atoms with Gasteiger partial charge in [-0.3, -0.25) is 4.79 Å². The summed E-state index contributed by atoms with van der Waals surface area (Å²) in [6.07, 6.45) is 0. The summed E-state index contributed by atoms with van der Waals surface area (Å²) >= 11 is 1.47. The minimum Gasteiger partial charge on any atom is -0.493 e. The first-order valence-corrected chi connectivity index (χ1v) is 8.41. The van der Waals surface area contributed by atoms with Crippen molar-refractivity contribution in [2.75, 3.05) is 24.9 Å². The van der Waals surface area contributed by atoms with Crippen LogP contribution >= 0.6 is 11.3 Å². The van der Waals surface area contributed by atoms with Gasteiger partial charge in [0.05, 0.1) is 19.9 Å². The Morgan fingerprint density at radius 1 is 1.17 bits per heavy atom. The minimum atomic E-state index is -0.425. The van der Waals surface area contributed by atoms with E-state index in [-0.39, 0.29) is 5.91 Å². The molecule has 0 aliphatic carbocycles. The van der Waals surface area contributed by atoms with Gasteiger partial charge in [-0.25, -0.2) is 4.98 Å². The van der Waals surface area contributed by atoms with Crippen LogP contribution in [0.4, 0.5) is 10.8 Å². The van der Waals surface area contributed by atoms with Crippen LogP contribution in [0, 0.1) is 20.8 Å². The summed E-state index contributed by atoms with van der Waals surface area (Å²) in [5.41, 5.74) is 2.72. The molecule has 1 aromatic carbocycles. The Balaban J connectivity index is 2.10. The van der Waals surface area contributed by atoms with Crippen molar-refractivity contribution in [2.24, 2.45) is 0 Å². The molecule has 1 heterocycles. The van der Waals surface area contributed by atoms with Gasteiger partial charge in [-0.05, 0) is 39.3 Å². The van der Waals surface area contributed by atoms with Crippen LogP contribution in [0.3, 0.4) is 0 Å². The van der Waals surface area contributed by atoms with Gasteiger partial charge < -0.3 is 20.1 Å². The van der Waals surface area contributed by atoms with Crippen molar-refractivity contribution in [3.05, 3.63) is 28.3 Å². The predicted octanol–water partition coefficient (Wildman–Crippen LogP) is 3.52. The van der Waals surface area contributed by atoms with E-state index in [1.807, 2.05) is 32.9 Å². The second-order valence-corrected chi connectivity index (χ2v) is 6.74. The fraction of sp³-hybridized carbons (Fsp3) is 0.412. The van der Waals surface area contributed by atoms with Crippen molar-refractivity contribution >= 4 is 28.1 Å². The topological polar surface area (TPSA) is 72.5 Å². The van der Waals surface area contributed by atoms with Crippen molar-refractivity contribution in [3.8, 4) is 11.5 Å². The Bertz CT molecular complexity index is 723. The lowest BCUT2D eigenvalue weighted by molar-refractivity contribution is -0.116. The molecule has 0 bridgehead atoms. The molecule has 0 aliphatic heterocycles. The quantitative estimate of drug-likeness (QED) is 0.835. The number of thiazole rings is 1. The van der Waals surface area contributed by atoms with E-state index < -0.39 is 6.04 Å². The first-order chi connectivity index (χ1) is 11.3. The molecule has 0 aliphatic rings. The third-order valence-corrected chi connectivity index (χ3v) is 4.74. The largest absolute Gasteiger partial charge is 0.493 e. The summed E-state index contributed by atoms with van der Waals surface area (Å²) in [6, 6.07) is 3.28. The number of amides is 1. The average Bonchev–Trinajstić information content (AvgIpc) is 2.86. The van der Waals surface area contributed by atoms with Crippen LogP contribution in [0.25, 0.3) is 0 Å². The van der Waals surface area contributed by atoms with Gasteiger partial charge in [0.25, 0.3) is 0 Å². The SMILES string of the molecule is COc1cc(C)c(N[C@H](C)C(=O)Nc2nc(C)c(C)s2)cc1OC. The maximum absolute atomic E-state index is 12.4. The molecule has 1 atom stereocenters. The van der Waals surface area contributed by atoms with Crippen LogP contribution in [0.15, 0.2) is 12.1 Å². The molecule has 2 aromatic rings. The molecular weight excluding hydrogens is 326 g/mol. The standard InChI is InChI=1S/C17H23N3O3S/c1-9-7-14(22-5)15(23-6)8-13(9)18-11(3)16(21)20-17-19-10(2)12(4)24-17/h7-8,11,18H,1-6H3,(H,19,20,21)/t11-/m1/s1. The van der Waals surface area contributed by atoms with E-state index in [9.17, 15) is 4.79 Å². The van der Waals surface area contributed by atoms with Crippen molar-refractivity contribution in [1.29, 1.82) is 0 Å². The summed E-state index contributed by atoms with van der Waals surface area (Å²) in [5, 5.41) is 6.67. The van der Waals surface area contributed by atoms with E-state index in [1.54, 1.807) is 21.1 Å². The summed E-state index contributed by atoms with van der Waals surface area (Å²) in [5.74, 6) is 1.13. The number of carbonyl (C=O) groups excluding carboxylic acids is 1. The molecule has 24 heavy (non-hydrogen) atoms.